The first-order chi connectivity index (χ1) is 32.6. The minimum atomic E-state index is -0.144. The van der Waals surface area contributed by atoms with Crippen molar-refractivity contribution in [3.05, 3.63) is 180 Å². The van der Waals surface area contributed by atoms with Crippen molar-refractivity contribution < 1.29 is 4.74 Å². The van der Waals surface area contributed by atoms with Gasteiger partial charge in [0.15, 0.2) is 0 Å². The second-order valence-electron chi connectivity index (χ2n) is 23.9. The molecule has 1 aliphatic carbocycles. The third-order valence-electron chi connectivity index (χ3n) is 15.9. The molecule has 0 radical (unpaired) electrons. The summed E-state index contributed by atoms with van der Waals surface area (Å²) in [5.41, 5.74) is 17.9. The Labute approximate surface area is 409 Å². The van der Waals surface area contributed by atoms with E-state index in [1.54, 1.807) is 0 Å². The molecule has 0 N–H and O–H groups in total. The van der Waals surface area contributed by atoms with Crippen LogP contribution >= 0.6 is 0 Å². The van der Waals surface area contributed by atoms with Crippen molar-refractivity contribution in [3.8, 4) is 33.8 Å². The monoisotopic (exact) mass is 907 g/mol. The average molecular weight is 907 g/mol. The Morgan fingerprint density at radius 3 is 1.75 bits per heavy atom. The molecule has 0 bridgehead atoms. The third kappa shape index (κ3) is 7.14. The van der Waals surface area contributed by atoms with Crippen LogP contribution in [0.25, 0.3) is 49.4 Å². The summed E-state index contributed by atoms with van der Waals surface area (Å²) in [5.74, 6) is 1.58. The predicted octanol–water partition coefficient (Wildman–Crippen LogP) is 17.5. The number of benzene rings is 7. The second kappa shape index (κ2) is 15.3. The van der Waals surface area contributed by atoms with Gasteiger partial charge in [-0.05, 0) is 96.8 Å². The van der Waals surface area contributed by atoms with E-state index in [9.17, 15) is 0 Å². The maximum Gasteiger partial charge on any atom is 0.129 e. The van der Waals surface area contributed by atoms with E-state index in [4.69, 9.17) is 9.84 Å². The molecule has 0 saturated heterocycles. The standard InChI is InChI=1S/C64H66N4O/c1-60(2,3)42-31-41(32-43(33-42)61(4,5)6)49-24-19-23-48(40-21-15-14-16-22-40)58(49)67-39-66(54-27-17-18-28-55(54)67)45-34-44(62(7,8)9)35-47(36-45)69-46-29-30-50-51-25-20-26-52-57(51)59-53(64(12,13)63(52,10)11)38-65-68(59)56(50)37-46/h14-38H,39H2,1-13H3. The number of pyridine rings is 1. The Kier molecular flexibility index (Phi) is 9.92. The lowest BCUT2D eigenvalue weighted by Crippen LogP contribution is -2.42. The molecule has 9 aromatic rings. The fourth-order valence-electron chi connectivity index (χ4n) is 11.0. The van der Waals surface area contributed by atoms with E-state index in [2.05, 4.69) is 256 Å². The smallest absolute Gasteiger partial charge is 0.129 e. The van der Waals surface area contributed by atoms with Gasteiger partial charge in [-0.2, -0.15) is 5.10 Å². The molecule has 3 heterocycles. The number of hydrogen-bond acceptors (Lipinski definition) is 4. The average Bonchev–Trinajstić information content (AvgIpc) is 3.94. The van der Waals surface area contributed by atoms with Crippen LogP contribution in [-0.4, -0.2) is 16.3 Å². The summed E-state index contributed by atoms with van der Waals surface area (Å²) < 4.78 is 9.22. The van der Waals surface area contributed by atoms with Crippen LogP contribution in [0, 0.1) is 0 Å². The van der Waals surface area contributed by atoms with E-state index in [-0.39, 0.29) is 27.1 Å². The van der Waals surface area contributed by atoms with Crippen LogP contribution in [-0.2, 0) is 27.1 Å². The molecule has 11 rings (SSSR count). The fraction of sp³-hybridized carbons (Fsp3) is 0.297. The quantitative estimate of drug-likeness (QED) is 0.156. The van der Waals surface area contributed by atoms with Crippen LogP contribution in [0.1, 0.15) is 118 Å². The maximum absolute atomic E-state index is 7.05. The molecule has 5 nitrogen and oxygen atoms in total. The van der Waals surface area contributed by atoms with Gasteiger partial charge in [0, 0.05) is 50.7 Å². The van der Waals surface area contributed by atoms with Crippen LogP contribution in [0.4, 0.5) is 22.7 Å². The van der Waals surface area contributed by atoms with Crippen molar-refractivity contribution >= 4 is 49.9 Å². The summed E-state index contributed by atoms with van der Waals surface area (Å²) in [6, 6.07) is 54.1. The van der Waals surface area contributed by atoms with Crippen molar-refractivity contribution in [1.82, 2.24) is 9.61 Å². The van der Waals surface area contributed by atoms with Gasteiger partial charge in [-0.25, -0.2) is 4.52 Å². The van der Waals surface area contributed by atoms with Gasteiger partial charge in [-0.1, -0.05) is 187 Å². The lowest BCUT2D eigenvalue weighted by molar-refractivity contribution is 0.304. The van der Waals surface area contributed by atoms with Gasteiger partial charge in [0.1, 0.15) is 18.2 Å². The molecule has 0 unspecified atom stereocenters. The largest absolute Gasteiger partial charge is 0.457 e. The van der Waals surface area contributed by atoms with Crippen LogP contribution in [0.2, 0.25) is 0 Å². The Balaban J connectivity index is 1.05. The Morgan fingerprint density at radius 2 is 1.09 bits per heavy atom. The first-order valence-corrected chi connectivity index (χ1v) is 24.8. The Bertz CT molecular complexity index is 3480. The summed E-state index contributed by atoms with van der Waals surface area (Å²) >= 11 is 0. The first kappa shape index (κ1) is 44.6. The minimum Gasteiger partial charge on any atom is -0.457 e. The number of rotatable bonds is 6. The summed E-state index contributed by atoms with van der Waals surface area (Å²) in [6.45, 7) is 30.9. The highest BCUT2D eigenvalue weighted by Crippen LogP contribution is 2.55. The molecule has 5 heteroatoms. The summed E-state index contributed by atoms with van der Waals surface area (Å²) in [7, 11) is 0. The van der Waals surface area contributed by atoms with Gasteiger partial charge in [0.25, 0.3) is 0 Å². The number of nitrogens with zero attached hydrogens (tertiary/aromatic N) is 4. The van der Waals surface area contributed by atoms with E-state index < -0.39 is 0 Å². The SMILES string of the molecule is CC(C)(C)c1cc(Oc2ccc3c4cccc5c4c4c(cnn4c3c2)C(C)(C)C5(C)C)cc(N2CN(c3c(-c4ccccc4)cccc3-c3cc(C(C)(C)C)cc(C(C)(C)C)c3)c3ccccc32)c1. The zero-order valence-corrected chi connectivity index (χ0v) is 42.8. The molecule has 0 fully saturated rings. The summed E-state index contributed by atoms with van der Waals surface area (Å²) in [4.78, 5) is 5.01. The minimum absolute atomic E-state index is 0.0239. The molecule has 348 valence electrons. The van der Waals surface area contributed by atoms with E-state index in [1.807, 2.05) is 0 Å². The molecule has 0 amide bonds. The van der Waals surface area contributed by atoms with Crippen LogP contribution in [0.5, 0.6) is 11.5 Å². The van der Waals surface area contributed by atoms with Gasteiger partial charge in [0.2, 0.25) is 0 Å². The molecule has 0 atom stereocenters. The van der Waals surface area contributed by atoms with Gasteiger partial charge in [-0.3, -0.25) is 0 Å². The van der Waals surface area contributed by atoms with Crippen molar-refractivity contribution in [3.63, 3.8) is 0 Å². The van der Waals surface area contributed by atoms with Gasteiger partial charge >= 0.3 is 0 Å². The van der Waals surface area contributed by atoms with E-state index in [0.29, 0.717) is 6.67 Å². The number of ether oxygens (including phenoxy) is 1. The highest BCUT2D eigenvalue weighted by Gasteiger charge is 2.46. The summed E-state index contributed by atoms with van der Waals surface area (Å²) in [5, 5.41) is 8.85. The normalized spacial score (nSPS) is 15.4. The van der Waals surface area contributed by atoms with E-state index >= 15 is 0 Å². The number of aromatic nitrogens is 2. The Hall–Kier alpha value is -6.85. The van der Waals surface area contributed by atoms with Crippen molar-refractivity contribution in [2.45, 2.75) is 117 Å². The fourth-order valence-corrected chi connectivity index (χ4v) is 11.0. The Morgan fingerprint density at radius 1 is 0.493 bits per heavy atom. The van der Waals surface area contributed by atoms with Crippen LogP contribution < -0.4 is 14.5 Å². The molecule has 0 saturated carbocycles. The van der Waals surface area contributed by atoms with Crippen molar-refractivity contribution in [2.75, 3.05) is 16.5 Å². The zero-order chi connectivity index (χ0) is 48.6. The molecule has 0 spiro atoms. The van der Waals surface area contributed by atoms with Crippen LogP contribution in [0.3, 0.4) is 0 Å². The van der Waals surface area contributed by atoms with E-state index in [1.165, 1.54) is 83.1 Å². The predicted molar refractivity (Wildman–Crippen MR) is 292 cm³/mol. The molecular formula is C64H66N4O. The van der Waals surface area contributed by atoms with Gasteiger partial charge in [-0.15, -0.1) is 0 Å². The van der Waals surface area contributed by atoms with Gasteiger partial charge in [0.05, 0.1) is 34.3 Å². The molecule has 2 aliphatic rings. The zero-order valence-electron chi connectivity index (χ0n) is 42.8. The van der Waals surface area contributed by atoms with E-state index in [0.717, 1.165) is 28.4 Å². The number of fused-ring (bicyclic) bond motifs is 4. The topological polar surface area (TPSA) is 33.0 Å². The van der Waals surface area contributed by atoms with Crippen molar-refractivity contribution in [1.29, 1.82) is 0 Å². The van der Waals surface area contributed by atoms with Gasteiger partial charge < -0.3 is 14.5 Å². The molecule has 2 aromatic heterocycles. The molecule has 7 aromatic carbocycles. The molecular weight excluding hydrogens is 841 g/mol. The number of anilines is 4. The first-order valence-electron chi connectivity index (χ1n) is 24.8. The van der Waals surface area contributed by atoms with Crippen LogP contribution in [0.15, 0.2) is 152 Å². The highest BCUT2D eigenvalue weighted by molar-refractivity contribution is 6.16. The molecule has 1 aliphatic heterocycles. The maximum atomic E-state index is 7.05. The third-order valence-corrected chi connectivity index (χ3v) is 15.9. The highest BCUT2D eigenvalue weighted by atomic mass is 16.5. The molecule has 69 heavy (non-hydrogen) atoms. The summed E-state index contributed by atoms with van der Waals surface area (Å²) in [6.07, 6.45) is 2.10. The second-order valence-corrected chi connectivity index (χ2v) is 23.9. The lowest BCUT2D eigenvalue weighted by atomic mass is 9.58. The number of para-hydroxylation sites is 3. The number of hydrogen-bond donors (Lipinski definition) is 0. The lowest BCUT2D eigenvalue weighted by Gasteiger charge is -2.45. The van der Waals surface area contributed by atoms with Crippen molar-refractivity contribution in [2.24, 2.45) is 0 Å².